The van der Waals surface area contributed by atoms with Gasteiger partial charge in [0.2, 0.25) is 0 Å². The molecule has 0 bridgehead atoms. The summed E-state index contributed by atoms with van der Waals surface area (Å²) in [7, 11) is 1.63. The second kappa shape index (κ2) is 7.37. The van der Waals surface area contributed by atoms with Crippen LogP contribution in [0.3, 0.4) is 0 Å². The Morgan fingerprint density at radius 1 is 1.27 bits per heavy atom. The molecular weight excluding hydrogens is 284 g/mol. The van der Waals surface area contributed by atoms with Gasteiger partial charge in [-0.3, -0.25) is 0 Å². The maximum Gasteiger partial charge on any atom is 0.335 e. The Morgan fingerprint density at radius 2 is 2.05 bits per heavy atom. The summed E-state index contributed by atoms with van der Waals surface area (Å²) in [6.45, 7) is 3.01. The van der Waals surface area contributed by atoms with Crippen molar-refractivity contribution in [3.63, 3.8) is 0 Å². The van der Waals surface area contributed by atoms with Crippen molar-refractivity contribution in [3.05, 3.63) is 41.7 Å². The molecular formula is C15H18N4O3. The number of nitrogens with zero attached hydrogens (tertiary/aromatic N) is 2. The number of carboxylic acid groups (broad SMARTS) is 1. The molecule has 0 amide bonds. The van der Waals surface area contributed by atoms with E-state index in [2.05, 4.69) is 20.6 Å². The van der Waals surface area contributed by atoms with Gasteiger partial charge < -0.3 is 20.5 Å². The highest BCUT2D eigenvalue weighted by molar-refractivity contribution is 5.89. The first-order chi connectivity index (χ1) is 10.6. The first kappa shape index (κ1) is 15.7. The maximum atomic E-state index is 11.0. The third-order valence-corrected chi connectivity index (χ3v) is 2.83. The topological polar surface area (TPSA) is 96.4 Å². The number of benzene rings is 1. The fraction of sp³-hybridized carbons (Fsp3) is 0.267. The van der Waals surface area contributed by atoms with Gasteiger partial charge in [-0.05, 0) is 25.1 Å². The highest BCUT2D eigenvalue weighted by Gasteiger charge is 2.05. The molecule has 0 fully saturated rings. The number of carboxylic acids is 1. The molecule has 0 atom stereocenters. The van der Waals surface area contributed by atoms with E-state index in [4.69, 9.17) is 9.84 Å². The first-order valence-corrected chi connectivity index (χ1v) is 6.77. The van der Waals surface area contributed by atoms with Crippen molar-refractivity contribution < 1.29 is 14.6 Å². The molecule has 7 nitrogen and oxygen atoms in total. The quantitative estimate of drug-likeness (QED) is 0.675. The minimum atomic E-state index is -0.968. The number of methoxy groups -OCH3 is 1. The largest absolute Gasteiger partial charge is 0.478 e. The Kier molecular flexibility index (Phi) is 5.26. The van der Waals surface area contributed by atoms with Gasteiger partial charge in [-0.15, -0.1) is 0 Å². The van der Waals surface area contributed by atoms with Crippen LogP contribution < -0.4 is 10.6 Å². The molecule has 2 aromatic rings. The monoisotopic (exact) mass is 302 g/mol. The molecule has 1 aromatic carbocycles. The second-order valence-corrected chi connectivity index (χ2v) is 4.62. The van der Waals surface area contributed by atoms with Crippen LogP contribution in [0.1, 0.15) is 16.2 Å². The van der Waals surface area contributed by atoms with E-state index in [1.54, 1.807) is 38.3 Å². The van der Waals surface area contributed by atoms with E-state index in [0.29, 0.717) is 36.3 Å². The molecule has 0 aliphatic rings. The highest BCUT2D eigenvalue weighted by atomic mass is 16.5. The smallest absolute Gasteiger partial charge is 0.335 e. The third kappa shape index (κ3) is 4.42. The number of aromatic carboxylic acids is 1. The van der Waals surface area contributed by atoms with Crippen LogP contribution in [0.15, 0.2) is 30.3 Å². The summed E-state index contributed by atoms with van der Waals surface area (Å²) in [5.41, 5.74) is 0.870. The normalized spacial score (nSPS) is 10.3. The molecule has 0 aliphatic heterocycles. The first-order valence-electron chi connectivity index (χ1n) is 6.77. The molecule has 22 heavy (non-hydrogen) atoms. The van der Waals surface area contributed by atoms with Crippen molar-refractivity contribution >= 4 is 23.3 Å². The summed E-state index contributed by atoms with van der Waals surface area (Å²) < 4.78 is 4.98. The summed E-state index contributed by atoms with van der Waals surface area (Å²) in [6.07, 6.45) is 0. The Morgan fingerprint density at radius 3 is 2.77 bits per heavy atom. The van der Waals surface area contributed by atoms with Crippen LogP contribution in [0.2, 0.25) is 0 Å². The van der Waals surface area contributed by atoms with Crippen LogP contribution in [0.5, 0.6) is 0 Å². The molecule has 0 spiro atoms. The minimum Gasteiger partial charge on any atom is -0.478 e. The van der Waals surface area contributed by atoms with Gasteiger partial charge in [0, 0.05) is 25.4 Å². The molecule has 0 radical (unpaired) electrons. The number of hydrogen-bond acceptors (Lipinski definition) is 6. The predicted molar refractivity (Wildman–Crippen MR) is 83.8 cm³/mol. The van der Waals surface area contributed by atoms with Gasteiger partial charge in [0.15, 0.2) is 0 Å². The summed E-state index contributed by atoms with van der Waals surface area (Å²) in [4.78, 5) is 19.6. The van der Waals surface area contributed by atoms with Crippen molar-refractivity contribution in [2.75, 3.05) is 30.9 Å². The van der Waals surface area contributed by atoms with Crippen molar-refractivity contribution in [2.45, 2.75) is 6.92 Å². The zero-order chi connectivity index (χ0) is 15.9. The average Bonchev–Trinajstić information content (AvgIpc) is 2.47. The number of anilines is 3. The molecule has 2 rings (SSSR count). The lowest BCUT2D eigenvalue weighted by Gasteiger charge is -2.10. The number of aromatic nitrogens is 2. The van der Waals surface area contributed by atoms with Crippen LogP contribution in [-0.2, 0) is 4.74 Å². The van der Waals surface area contributed by atoms with E-state index in [9.17, 15) is 4.79 Å². The lowest BCUT2D eigenvalue weighted by Crippen LogP contribution is -2.10. The Hall–Kier alpha value is -2.67. The van der Waals surface area contributed by atoms with Crippen LogP contribution in [0.25, 0.3) is 0 Å². The predicted octanol–water partition coefficient (Wildman–Crippen LogP) is 2.29. The molecule has 116 valence electrons. The zero-order valence-corrected chi connectivity index (χ0v) is 12.5. The molecule has 1 heterocycles. The van der Waals surface area contributed by atoms with Gasteiger partial charge in [0.1, 0.15) is 17.5 Å². The number of rotatable bonds is 7. The Bertz CT molecular complexity index is 661. The van der Waals surface area contributed by atoms with Crippen LogP contribution in [0, 0.1) is 6.92 Å². The number of aryl methyl sites for hydroxylation is 1. The van der Waals surface area contributed by atoms with Crippen molar-refractivity contribution in [1.82, 2.24) is 9.97 Å². The highest BCUT2D eigenvalue weighted by Crippen LogP contribution is 2.18. The van der Waals surface area contributed by atoms with Gasteiger partial charge >= 0.3 is 5.97 Å². The molecule has 3 N–H and O–H groups in total. The SMILES string of the molecule is COCCNc1cc(Nc2cccc(C(=O)O)c2)nc(C)n1. The maximum absolute atomic E-state index is 11.0. The molecule has 7 heteroatoms. The summed E-state index contributed by atoms with van der Waals surface area (Å²) in [5.74, 6) is 0.917. The average molecular weight is 302 g/mol. The van der Waals surface area contributed by atoms with Crippen LogP contribution in [-0.4, -0.2) is 41.3 Å². The molecule has 0 saturated heterocycles. The van der Waals surface area contributed by atoms with E-state index in [-0.39, 0.29) is 5.56 Å². The number of carbonyl (C=O) groups is 1. The second-order valence-electron chi connectivity index (χ2n) is 4.62. The minimum absolute atomic E-state index is 0.217. The van der Waals surface area contributed by atoms with Crippen molar-refractivity contribution in [3.8, 4) is 0 Å². The summed E-state index contributed by atoms with van der Waals surface area (Å²) in [6, 6.07) is 8.31. The molecule has 0 unspecified atom stereocenters. The third-order valence-electron chi connectivity index (χ3n) is 2.83. The fourth-order valence-electron chi connectivity index (χ4n) is 1.88. The number of hydrogen-bond donors (Lipinski definition) is 3. The van der Waals surface area contributed by atoms with E-state index >= 15 is 0 Å². The Balaban J connectivity index is 2.15. The van der Waals surface area contributed by atoms with Gasteiger partial charge in [0.25, 0.3) is 0 Å². The van der Waals surface area contributed by atoms with Gasteiger partial charge in [-0.1, -0.05) is 6.07 Å². The molecule has 0 saturated carbocycles. The lowest BCUT2D eigenvalue weighted by molar-refractivity contribution is 0.0697. The van der Waals surface area contributed by atoms with Gasteiger partial charge in [0.05, 0.1) is 12.2 Å². The summed E-state index contributed by atoms with van der Waals surface area (Å²) in [5, 5.41) is 15.2. The van der Waals surface area contributed by atoms with Crippen molar-refractivity contribution in [1.29, 1.82) is 0 Å². The molecule has 0 aliphatic carbocycles. The van der Waals surface area contributed by atoms with Crippen LogP contribution in [0.4, 0.5) is 17.3 Å². The van der Waals surface area contributed by atoms with E-state index in [0.717, 1.165) is 0 Å². The van der Waals surface area contributed by atoms with Crippen LogP contribution >= 0.6 is 0 Å². The zero-order valence-electron chi connectivity index (χ0n) is 12.5. The van der Waals surface area contributed by atoms with Gasteiger partial charge in [-0.2, -0.15) is 0 Å². The fourth-order valence-corrected chi connectivity index (χ4v) is 1.88. The van der Waals surface area contributed by atoms with E-state index < -0.39 is 5.97 Å². The van der Waals surface area contributed by atoms with E-state index in [1.807, 2.05) is 0 Å². The van der Waals surface area contributed by atoms with Crippen molar-refractivity contribution in [2.24, 2.45) is 0 Å². The van der Waals surface area contributed by atoms with E-state index in [1.165, 1.54) is 6.07 Å². The molecule has 1 aromatic heterocycles. The lowest BCUT2D eigenvalue weighted by atomic mass is 10.2. The number of nitrogens with one attached hydrogen (secondary N) is 2. The summed E-state index contributed by atoms with van der Waals surface area (Å²) >= 11 is 0. The van der Waals surface area contributed by atoms with Gasteiger partial charge in [-0.25, -0.2) is 14.8 Å². The number of ether oxygens (including phenoxy) is 1. The standard InChI is InChI=1S/C15H18N4O3/c1-10-17-13(16-6-7-22-2)9-14(18-10)19-12-5-3-4-11(8-12)15(20)21/h3-5,8-9H,6-7H2,1-2H3,(H,20,21)(H2,16,17,18,19). The Labute approximate surface area is 128 Å².